The fraction of sp³-hybridized carbons (Fsp3) is 0.850. The molecule has 0 spiro atoms. The number of aliphatic imine (C=N–C) groups is 1. The number of unbranched alkanes of at least 4 members (excludes halogenated alkanes) is 4. The molecule has 156 valence electrons. The second kappa shape index (κ2) is 14.3. The minimum Gasteiger partial charge on any atom is -0.466 e. The summed E-state index contributed by atoms with van der Waals surface area (Å²) in [5.41, 5.74) is 5.35. The summed E-state index contributed by atoms with van der Waals surface area (Å²) in [6.45, 7) is 7.84. The molecule has 1 aliphatic heterocycles. The van der Waals surface area contributed by atoms with Crippen LogP contribution in [0, 0.1) is 5.92 Å². The zero-order valence-corrected chi connectivity index (χ0v) is 17.2. The van der Waals surface area contributed by atoms with E-state index in [0.29, 0.717) is 25.4 Å². The third-order valence-electron chi connectivity index (χ3n) is 4.75. The van der Waals surface area contributed by atoms with Crippen LogP contribution in [0.5, 0.6) is 0 Å². The largest absolute Gasteiger partial charge is 0.466 e. The second-order valence-corrected chi connectivity index (χ2v) is 7.18. The number of ether oxygens (including phenoxy) is 1. The highest BCUT2D eigenvalue weighted by Crippen LogP contribution is 2.19. The van der Waals surface area contributed by atoms with Crippen molar-refractivity contribution in [3.8, 4) is 0 Å². The number of carbonyl (C=O) groups excluding carboxylic acids is 2. The zero-order valence-electron chi connectivity index (χ0n) is 17.2. The quantitative estimate of drug-likeness (QED) is 0.234. The van der Waals surface area contributed by atoms with Crippen LogP contribution in [0.3, 0.4) is 0 Å². The van der Waals surface area contributed by atoms with E-state index in [9.17, 15) is 9.59 Å². The molecule has 7 heteroatoms. The number of likely N-dealkylation sites (tertiary alicyclic amines) is 1. The number of nitrogens with two attached hydrogens (primary N) is 1. The number of guanidine groups is 1. The van der Waals surface area contributed by atoms with Gasteiger partial charge in [0.15, 0.2) is 5.96 Å². The van der Waals surface area contributed by atoms with Gasteiger partial charge in [-0.1, -0.05) is 19.3 Å². The molecule has 1 saturated heterocycles. The van der Waals surface area contributed by atoms with E-state index in [1.807, 2.05) is 6.92 Å². The van der Waals surface area contributed by atoms with Crippen molar-refractivity contribution in [1.82, 2.24) is 10.2 Å². The van der Waals surface area contributed by atoms with Crippen molar-refractivity contribution in [2.75, 3.05) is 32.8 Å². The Kier molecular flexibility index (Phi) is 12.3. The highest BCUT2D eigenvalue weighted by Gasteiger charge is 2.23. The normalized spacial score (nSPS) is 17.6. The molecule has 0 aromatic rings. The maximum Gasteiger partial charge on any atom is 0.305 e. The van der Waals surface area contributed by atoms with Crippen LogP contribution in [0.2, 0.25) is 0 Å². The van der Waals surface area contributed by atoms with Crippen LogP contribution in [0.15, 0.2) is 4.99 Å². The van der Waals surface area contributed by atoms with E-state index in [1.54, 1.807) is 0 Å². The van der Waals surface area contributed by atoms with Crippen LogP contribution in [-0.2, 0) is 14.3 Å². The lowest BCUT2D eigenvalue weighted by Gasteiger charge is -2.34. The Balaban J connectivity index is 2.26. The molecule has 0 aliphatic carbocycles. The summed E-state index contributed by atoms with van der Waals surface area (Å²) in [7, 11) is 0. The van der Waals surface area contributed by atoms with E-state index in [-0.39, 0.29) is 11.9 Å². The molecule has 0 bridgehead atoms. The highest BCUT2D eigenvalue weighted by molar-refractivity contribution is 5.80. The summed E-state index contributed by atoms with van der Waals surface area (Å²) in [6.07, 6.45) is 8.37. The number of primary amides is 1. The monoisotopic (exact) mass is 382 g/mol. The molecule has 1 rings (SSSR count). The van der Waals surface area contributed by atoms with Crippen LogP contribution < -0.4 is 11.1 Å². The lowest BCUT2D eigenvalue weighted by Crippen LogP contribution is -2.47. The maximum absolute atomic E-state index is 11.3. The van der Waals surface area contributed by atoms with Gasteiger partial charge in [-0.2, -0.15) is 0 Å². The Morgan fingerprint density at radius 1 is 1.19 bits per heavy atom. The standard InChI is InChI=1S/C20H38N4O3/c1-3-22-20(24-14-10-11-17(16-24)15-18(21)25)23-13-9-7-5-6-8-12-19(26)27-4-2/h17H,3-16H2,1-2H3,(H2,21,25)(H,22,23). The van der Waals surface area contributed by atoms with E-state index in [2.05, 4.69) is 17.1 Å². The first-order chi connectivity index (χ1) is 13.1. The Labute approximate surface area is 164 Å². The molecule has 1 unspecified atom stereocenters. The fourth-order valence-corrected chi connectivity index (χ4v) is 3.46. The molecular formula is C20H38N4O3. The van der Waals surface area contributed by atoms with E-state index in [1.165, 1.54) is 0 Å². The summed E-state index contributed by atoms with van der Waals surface area (Å²) in [5.74, 6) is 0.980. The number of nitrogens with one attached hydrogen (secondary N) is 1. The minimum atomic E-state index is -0.216. The van der Waals surface area contributed by atoms with Crippen LogP contribution in [0.1, 0.15) is 71.6 Å². The van der Waals surface area contributed by atoms with E-state index in [0.717, 1.165) is 77.1 Å². The lowest BCUT2D eigenvalue weighted by molar-refractivity contribution is -0.143. The predicted octanol–water partition coefficient (Wildman–Crippen LogP) is 2.44. The smallest absolute Gasteiger partial charge is 0.305 e. The first-order valence-corrected chi connectivity index (χ1v) is 10.5. The minimum absolute atomic E-state index is 0.0893. The van der Waals surface area contributed by atoms with Gasteiger partial charge < -0.3 is 20.7 Å². The van der Waals surface area contributed by atoms with Crippen molar-refractivity contribution >= 4 is 17.8 Å². The summed E-state index contributed by atoms with van der Waals surface area (Å²) in [4.78, 5) is 29.5. The van der Waals surface area contributed by atoms with Gasteiger partial charge in [-0.15, -0.1) is 0 Å². The SMILES string of the molecule is CCNC(=NCCCCCCCC(=O)OCC)N1CCCC(CC(N)=O)C1. The van der Waals surface area contributed by atoms with Gasteiger partial charge >= 0.3 is 5.97 Å². The van der Waals surface area contributed by atoms with Crippen molar-refractivity contribution in [2.45, 2.75) is 71.6 Å². The summed E-state index contributed by atoms with van der Waals surface area (Å²) >= 11 is 0. The number of esters is 1. The zero-order chi connectivity index (χ0) is 19.9. The number of piperidine rings is 1. The Morgan fingerprint density at radius 3 is 2.63 bits per heavy atom. The highest BCUT2D eigenvalue weighted by atomic mass is 16.5. The molecule has 1 aliphatic rings. The third kappa shape index (κ3) is 10.8. The van der Waals surface area contributed by atoms with Crippen LogP contribution in [0.4, 0.5) is 0 Å². The van der Waals surface area contributed by atoms with Crippen LogP contribution in [0.25, 0.3) is 0 Å². The average Bonchev–Trinajstić information content (AvgIpc) is 2.63. The maximum atomic E-state index is 11.3. The topological polar surface area (TPSA) is 97.0 Å². The van der Waals surface area contributed by atoms with Gasteiger partial charge in [-0.25, -0.2) is 0 Å². The Bertz CT molecular complexity index is 468. The predicted molar refractivity (Wildman–Crippen MR) is 108 cm³/mol. The van der Waals surface area contributed by atoms with Crippen molar-refractivity contribution < 1.29 is 14.3 Å². The van der Waals surface area contributed by atoms with E-state index in [4.69, 9.17) is 15.5 Å². The Hall–Kier alpha value is -1.79. The summed E-state index contributed by atoms with van der Waals surface area (Å²) in [6, 6.07) is 0. The van der Waals surface area contributed by atoms with Gasteiger partial charge in [0.1, 0.15) is 0 Å². The van der Waals surface area contributed by atoms with Crippen molar-refractivity contribution in [1.29, 1.82) is 0 Å². The second-order valence-electron chi connectivity index (χ2n) is 7.18. The molecule has 3 N–H and O–H groups in total. The van der Waals surface area contributed by atoms with Gasteiger partial charge in [0.05, 0.1) is 6.61 Å². The van der Waals surface area contributed by atoms with Gasteiger partial charge in [-0.05, 0) is 45.4 Å². The number of nitrogens with zero attached hydrogens (tertiary/aromatic N) is 2. The van der Waals surface area contributed by atoms with Gasteiger partial charge in [0.25, 0.3) is 0 Å². The molecule has 1 heterocycles. The molecule has 1 atom stereocenters. The fourth-order valence-electron chi connectivity index (χ4n) is 3.46. The molecule has 1 amide bonds. The molecule has 0 aromatic carbocycles. The number of rotatable bonds is 12. The molecule has 0 aromatic heterocycles. The van der Waals surface area contributed by atoms with Gasteiger partial charge in [0, 0.05) is 39.0 Å². The van der Waals surface area contributed by atoms with Crippen LogP contribution in [-0.4, -0.2) is 55.5 Å². The molecular weight excluding hydrogens is 344 g/mol. The summed E-state index contributed by atoms with van der Waals surface area (Å²) in [5, 5.41) is 3.37. The van der Waals surface area contributed by atoms with Gasteiger partial charge in [-0.3, -0.25) is 14.6 Å². The number of amides is 1. The number of hydrogen-bond acceptors (Lipinski definition) is 4. The molecule has 0 radical (unpaired) electrons. The van der Waals surface area contributed by atoms with Crippen molar-refractivity contribution in [2.24, 2.45) is 16.6 Å². The first-order valence-electron chi connectivity index (χ1n) is 10.5. The Morgan fingerprint density at radius 2 is 1.93 bits per heavy atom. The number of hydrogen-bond donors (Lipinski definition) is 2. The van der Waals surface area contributed by atoms with Crippen LogP contribution >= 0.6 is 0 Å². The molecule has 1 fully saturated rings. The lowest BCUT2D eigenvalue weighted by atomic mass is 9.95. The van der Waals surface area contributed by atoms with E-state index < -0.39 is 0 Å². The molecule has 0 saturated carbocycles. The number of carbonyl (C=O) groups is 2. The first kappa shape index (κ1) is 23.2. The average molecular weight is 383 g/mol. The molecule has 7 nitrogen and oxygen atoms in total. The van der Waals surface area contributed by atoms with Crippen molar-refractivity contribution in [3.05, 3.63) is 0 Å². The molecule has 27 heavy (non-hydrogen) atoms. The van der Waals surface area contributed by atoms with Gasteiger partial charge in [0.2, 0.25) is 5.91 Å². The van der Waals surface area contributed by atoms with E-state index >= 15 is 0 Å². The summed E-state index contributed by atoms with van der Waals surface area (Å²) < 4.78 is 4.93. The van der Waals surface area contributed by atoms with Crippen molar-refractivity contribution in [3.63, 3.8) is 0 Å². The third-order valence-corrected chi connectivity index (χ3v) is 4.75.